The Hall–Kier alpha value is -4.45. The van der Waals surface area contributed by atoms with Gasteiger partial charge < -0.3 is 20.6 Å². The summed E-state index contributed by atoms with van der Waals surface area (Å²) in [5, 5.41) is 10.4. The number of rotatable bonds is 6. The van der Waals surface area contributed by atoms with Crippen molar-refractivity contribution in [3.8, 4) is 22.5 Å². The van der Waals surface area contributed by atoms with Crippen molar-refractivity contribution in [1.29, 1.82) is 0 Å². The van der Waals surface area contributed by atoms with Gasteiger partial charge in [-0.05, 0) is 31.5 Å². The molecule has 0 fully saturated rings. The number of aryl methyl sites for hydroxylation is 1. The summed E-state index contributed by atoms with van der Waals surface area (Å²) < 4.78 is 21.7. The first-order valence-electron chi connectivity index (χ1n) is 11.7. The Bertz CT molecular complexity index is 1550. The zero-order valence-corrected chi connectivity index (χ0v) is 21.2. The van der Waals surface area contributed by atoms with Gasteiger partial charge in [0, 0.05) is 37.1 Å². The van der Waals surface area contributed by atoms with Gasteiger partial charge in [0.25, 0.3) is 11.7 Å². The molecule has 5 rings (SSSR count). The third kappa shape index (κ3) is 5.38. The van der Waals surface area contributed by atoms with Gasteiger partial charge in [0.15, 0.2) is 5.65 Å². The summed E-state index contributed by atoms with van der Waals surface area (Å²) in [7, 11) is 1.82. The SMILES string of the molecule is CC.Cn1cc(-c2nc3nccc(-c4ccc(CNC(=O)c5noc(C(C)(C)N)n5)c(F)c4)c3[nH]2)cn1. The van der Waals surface area contributed by atoms with E-state index in [2.05, 4.69) is 35.5 Å². The zero-order valence-electron chi connectivity index (χ0n) is 21.2. The van der Waals surface area contributed by atoms with Gasteiger partial charge in [-0.25, -0.2) is 14.4 Å². The van der Waals surface area contributed by atoms with Crippen molar-refractivity contribution in [1.82, 2.24) is 40.2 Å². The molecule has 4 aromatic heterocycles. The highest BCUT2D eigenvalue weighted by Gasteiger charge is 2.24. The highest BCUT2D eigenvalue weighted by Crippen LogP contribution is 2.29. The van der Waals surface area contributed by atoms with Crippen LogP contribution >= 0.6 is 0 Å². The second-order valence-electron chi connectivity index (χ2n) is 8.68. The van der Waals surface area contributed by atoms with E-state index in [1.807, 2.05) is 27.1 Å². The minimum atomic E-state index is -0.876. The first-order valence-corrected chi connectivity index (χ1v) is 11.7. The van der Waals surface area contributed by atoms with Crippen LogP contribution in [0.15, 0.2) is 47.4 Å². The number of nitrogens with two attached hydrogens (primary N) is 1. The van der Waals surface area contributed by atoms with Gasteiger partial charge in [0.2, 0.25) is 5.89 Å². The largest absolute Gasteiger partial charge is 0.345 e. The van der Waals surface area contributed by atoms with Crippen LogP contribution in [0, 0.1) is 5.82 Å². The number of hydrogen-bond acceptors (Lipinski definition) is 8. The predicted octanol–water partition coefficient (Wildman–Crippen LogP) is 3.70. The Kier molecular flexibility index (Phi) is 7.11. The summed E-state index contributed by atoms with van der Waals surface area (Å²) in [5.74, 6) is -0.484. The fraction of sp³-hybridized carbons (Fsp3) is 0.280. The van der Waals surface area contributed by atoms with E-state index in [1.165, 1.54) is 6.07 Å². The van der Waals surface area contributed by atoms with E-state index in [0.29, 0.717) is 28.1 Å². The summed E-state index contributed by atoms with van der Waals surface area (Å²) in [5.41, 5.74) is 8.72. The van der Waals surface area contributed by atoms with Crippen molar-refractivity contribution in [3.05, 3.63) is 66.0 Å². The molecule has 5 aromatic rings. The highest BCUT2D eigenvalue weighted by atomic mass is 19.1. The Morgan fingerprint density at radius 1 is 1.22 bits per heavy atom. The van der Waals surface area contributed by atoms with Crippen LogP contribution in [0.3, 0.4) is 0 Å². The summed E-state index contributed by atoms with van der Waals surface area (Å²) in [4.78, 5) is 28.4. The number of amides is 1. The van der Waals surface area contributed by atoms with Crippen LogP contribution in [0.5, 0.6) is 0 Å². The Labute approximate surface area is 212 Å². The number of nitrogens with one attached hydrogen (secondary N) is 2. The summed E-state index contributed by atoms with van der Waals surface area (Å²) in [6, 6.07) is 6.58. The molecule has 0 atom stereocenters. The number of benzene rings is 1. The lowest BCUT2D eigenvalue weighted by atomic mass is 10.0. The maximum absolute atomic E-state index is 15.0. The van der Waals surface area contributed by atoms with Crippen molar-refractivity contribution in [2.45, 2.75) is 39.8 Å². The van der Waals surface area contributed by atoms with Crippen molar-refractivity contribution in [3.63, 3.8) is 0 Å². The van der Waals surface area contributed by atoms with Crippen LogP contribution in [-0.2, 0) is 19.1 Å². The summed E-state index contributed by atoms with van der Waals surface area (Å²) in [6.45, 7) is 7.30. The molecule has 4 heterocycles. The number of hydrogen-bond donors (Lipinski definition) is 3. The molecule has 0 bridgehead atoms. The van der Waals surface area contributed by atoms with Crippen LogP contribution in [0.4, 0.5) is 4.39 Å². The first kappa shape index (κ1) is 25.6. The molecule has 0 aliphatic carbocycles. The Morgan fingerprint density at radius 2 is 2.00 bits per heavy atom. The molecule has 192 valence electrons. The number of fused-ring (bicyclic) bond motifs is 1. The third-order valence-electron chi connectivity index (χ3n) is 5.35. The number of imidazole rings is 1. The number of aromatic amines is 1. The molecule has 11 nitrogen and oxygen atoms in total. The van der Waals surface area contributed by atoms with E-state index in [1.54, 1.807) is 49.1 Å². The van der Waals surface area contributed by atoms with Gasteiger partial charge in [0.05, 0.1) is 22.8 Å². The standard InChI is InChI=1S/C23H22FN9O2.C2H6/c1-23(2,25)22-31-20(32-35-22)21(34)27-9-13-5-4-12(8-16(13)24)15-6-7-26-19-17(15)29-18(30-19)14-10-28-33(3)11-14;1-2/h4-8,10-11H,9,25H2,1-3H3,(H,27,34)(H,26,29,30);1-2H3. The predicted molar refractivity (Wildman–Crippen MR) is 136 cm³/mol. The molecular weight excluding hydrogens is 477 g/mol. The van der Waals surface area contributed by atoms with Crippen molar-refractivity contribution in [2.75, 3.05) is 0 Å². The van der Waals surface area contributed by atoms with E-state index in [9.17, 15) is 9.18 Å². The van der Waals surface area contributed by atoms with E-state index in [-0.39, 0.29) is 18.3 Å². The van der Waals surface area contributed by atoms with E-state index in [4.69, 9.17) is 10.3 Å². The molecule has 0 unspecified atom stereocenters. The normalized spacial score (nSPS) is 11.3. The molecule has 0 aliphatic heterocycles. The summed E-state index contributed by atoms with van der Waals surface area (Å²) >= 11 is 0. The van der Waals surface area contributed by atoms with Gasteiger partial charge >= 0.3 is 0 Å². The maximum atomic E-state index is 15.0. The Balaban J connectivity index is 0.00000156. The lowest BCUT2D eigenvalue weighted by Crippen LogP contribution is -2.29. The van der Waals surface area contributed by atoms with Gasteiger partial charge in [-0.1, -0.05) is 31.1 Å². The molecule has 0 saturated heterocycles. The minimum Gasteiger partial charge on any atom is -0.345 e. The fourth-order valence-corrected chi connectivity index (χ4v) is 3.52. The molecule has 1 aromatic carbocycles. The third-order valence-corrected chi connectivity index (χ3v) is 5.35. The number of halogens is 1. The number of carbonyl (C=O) groups is 1. The van der Waals surface area contributed by atoms with Gasteiger partial charge in [-0.2, -0.15) is 10.1 Å². The van der Waals surface area contributed by atoms with Crippen molar-refractivity contribution >= 4 is 17.1 Å². The molecule has 0 saturated carbocycles. The molecule has 0 spiro atoms. The van der Waals surface area contributed by atoms with Crippen molar-refractivity contribution < 1.29 is 13.7 Å². The lowest BCUT2D eigenvalue weighted by Gasteiger charge is -2.10. The van der Waals surface area contributed by atoms with Crippen LogP contribution < -0.4 is 11.1 Å². The number of carbonyl (C=O) groups excluding carboxylic acids is 1. The van der Waals surface area contributed by atoms with Crippen molar-refractivity contribution in [2.24, 2.45) is 12.8 Å². The van der Waals surface area contributed by atoms with Crippen LogP contribution in [0.2, 0.25) is 0 Å². The zero-order chi connectivity index (χ0) is 26.7. The average Bonchev–Trinajstić information content (AvgIpc) is 3.63. The van der Waals surface area contributed by atoms with Crippen LogP contribution in [0.25, 0.3) is 33.7 Å². The molecule has 0 radical (unpaired) electrons. The number of nitrogens with zero attached hydrogens (tertiary/aromatic N) is 6. The van der Waals surface area contributed by atoms with Gasteiger partial charge in [-0.3, -0.25) is 9.48 Å². The first-order chi connectivity index (χ1) is 17.7. The monoisotopic (exact) mass is 505 g/mol. The van der Waals surface area contributed by atoms with Gasteiger partial charge in [-0.15, -0.1) is 0 Å². The number of aromatic nitrogens is 7. The quantitative estimate of drug-likeness (QED) is 0.316. The fourth-order valence-electron chi connectivity index (χ4n) is 3.52. The van der Waals surface area contributed by atoms with E-state index in [0.717, 1.165) is 11.1 Å². The molecule has 37 heavy (non-hydrogen) atoms. The lowest BCUT2D eigenvalue weighted by molar-refractivity contribution is 0.0937. The molecule has 0 aliphatic rings. The second kappa shape index (κ2) is 10.3. The smallest absolute Gasteiger partial charge is 0.292 e. The van der Waals surface area contributed by atoms with Crippen LogP contribution in [-0.4, -0.2) is 40.8 Å². The minimum absolute atomic E-state index is 0.0538. The Morgan fingerprint density at radius 3 is 2.65 bits per heavy atom. The number of pyridine rings is 1. The topological polar surface area (TPSA) is 153 Å². The molecule has 4 N–H and O–H groups in total. The maximum Gasteiger partial charge on any atom is 0.292 e. The molecule has 12 heteroatoms. The highest BCUT2D eigenvalue weighted by molar-refractivity contribution is 5.91. The summed E-state index contributed by atoms with van der Waals surface area (Å²) in [6.07, 6.45) is 5.16. The van der Waals surface area contributed by atoms with E-state index >= 15 is 0 Å². The van der Waals surface area contributed by atoms with Gasteiger partial charge in [0.1, 0.15) is 11.6 Å². The average molecular weight is 506 g/mol. The number of H-pyrrole nitrogens is 1. The molecule has 1 amide bonds. The van der Waals surface area contributed by atoms with Crippen LogP contribution in [0.1, 0.15) is 49.8 Å². The van der Waals surface area contributed by atoms with E-state index < -0.39 is 17.3 Å². The molecular formula is C25H28FN9O2. The second-order valence-corrected chi connectivity index (χ2v) is 8.68.